The maximum absolute atomic E-state index is 11.3. The van der Waals surface area contributed by atoms with Crippen molar-refractivity contribution in [3.63, 3.8) is 0 Å². The van der Waals surface area contributed by atoms with Gasteiger partial charge in [-0.15, -0.1) is 11.8 Å². The Balaban J connectivity index is 2.50. The molecule has 0 aliphatic carbocycles. The average Bonchev–Trinajstić information content (AvgIpc) is 2.47. The number of primary amides is 1. The second kappa shape index (κ2) is 6.32. The van der Waals surface area contributed by atoms with Crippen molar-refractivity contribution in [2.75, 3.05) is 0 Å². The zero-order valence-electron chi connectivity index (χ0n) is 12.8. The topological polar surface area (TPSA) is 73.1 Å². The van der Waals surface area contributed by atoms with Crippen LogP contribution in [0.2, 0.25) is 0 Å². The van der Waals surface area contributed by atoms with E-state index in [0.29, 0.717) is 5.56 Å². The molecular formula is C17H18N2O2S. The lowest BCUT2D eigenvalue weighted by Gasteiger charge is -2.19. The molecular weight excluding hydrogens is 296 g/mol. The van der Waals surface area contributed by atoms with Gasteiger partial charge in [-0.1, -0.05) is 6.07 Å². The van der Waals surface area contributed by atoms with E-state index in [1.165, 1.54) is 11.8 Å². The molecule has 5 heteroatoms. The van der Waals surface area contributed by atoms with Crippen LogP contribution in [0.1, 0.15) is 29.8 Å². The molecule has 0 bridgehead atoms. The van der Waals surface area contributed by atoms with Gasteiger partial charge in [0.25, 0.3) is 0 Å². The van der Waals surface area contributed by atoms with Gasteiger partial charge in [0.15, 0.2) is 0 Å². The van der Waals surface area contributed by atoms with E-state index < -0.39 is 10.7 Å². The number of benzene rings is 1. The summed E-state index contributed by atoms with van der Waals surface area (Å²) in [4.78, 5) is 27.6. The highest BCUT2D eigenvalue weighted by atomic mass is 32.2. The Bertz CT molecular complexity index is 726. The van der Waals surface area contributed by atoms with Gasteiger partial charge >= 0.3 is 0 Å². The predicted octanol–water partition coefficient (Wildman–Crippen LogP) is 3.23. The Morgan fingerprint density at radius 2 is 2.00 bits per heavy atom. The second-order valence-electron chi connectivity index (χ2n) is 5.59. The molecule has 0 saturated carbocycles. The van der Waals surface area contributed by atoms with Crippen molar-refractivity contribution in [3.8, 4) is 11.1 Å². The van der Waals surface area contributed by atoms with Crippen molar-refractivity contribution in [3.05, 3.63) is 47.8 Å². The molecule has 0 saturated heterocycles. The van der Waals surface area contributed by atoms with E-state index >= 15 is 0 Å². The van der Waals surface area contributed by atoms with Gasteiger partial charge in [-0.2, -0.15) is 0 Å². The van der Waals surface area contributed by atoms with Crippen molar-refractivity contribution in [2.45, 2.75) is 30.4 Å². The highest BCUT2D eigenvalue weighted by Gasteiger charge is 2.21. The number of pyridine rings is 1. The number of rotatable bonds is 5. The number of carbonyl (C=O) groups excluding carboxylic acids is 2. The van der Waals surface area contributed by atoms with Crippen LogP contribution in [0.3, 0.4) is 0 Å². The third kappa shape index (κ3) is 3.54. The molecule has 2 rings (SSSR count). The molecule has 0 unspecified atom stereocenters. The van der Waals surface area contributed by atoms with Gasteiger partial charge in [-0.05, 0) is 50.1 Å². The molecule has 2 N–H and O–H groups in total. The fourth-order valence-electron chi connectivity index (χ4n) is 2.10. The first kappa shape index (κ1) is 16.2. The lowest BCUT2D eigenvalue weighted by atomic mass is 9.99. The van der Waals surface area contributed by atoms with E-state index in [1.54, 1.807) is 24.5 Å². The molecule has 22 heavy (non-hydrogen) atoms. The molecule has 0 aliphatic rings. The van der Waals surface area contributed by atoms with Crippen LogP contribution in [0.4, 0.5) is 0 Å². The zero-order chi connectivity index (χ0) is 16.3. The average molecular weight is 314 g/mol. The highest BCUT2D eigenvalue weighted by Crippen LogP contribution is 2.38. The number of nitrogens with zero attached hydrogens (tertiary/aromatic N) is 1. The molecule has 4 nitrogen and oxygen atoms in total. The Hall–Kier alpha value is -2.14. The third-order valence-electron chi connectivity index (χ3n) is 3.24. The molecule has 1 amide bonds. The Labute approximate surface area is 134 Å². The summed E-state index contributed by atoms with van der Waals surface area (Å²) in [5.74, 6) is -0.447. The number of nitrogens with two attached hydrogens (primary N) is 1. The summed E-state index contributed by atoms with van der Waals surface area (Å²) in [6, 6.07) is 7.23. The van der Waals surface area contributed by atoms with E-state index in [2.05, 4.69) is 4.98 Å². The Morgan fingerprint density at radius 1 is 1.27 bits per heavy atom. The van der Waals surface area contributed by atoms with Crippen molar-refractivity contribution >= 4 is 24.0 Å². The third-order valence-corrected chi connectivity index (χ3v) is 4.44. The van der Waals surface area contributed by atoms with E-state index in [1.807, 2.05) is 32.9 Å². The van der Waals surface area contributed by atoms with Crippen LogP contribution in [0.15, 0.2) is 41.6 Å². The monoisotopic (exact) mass is 314 g/mol. The lowest BCUT2D eigenvalue weighted by Crippen LogP contribution is -2.16. The largest absolute Gasteiger partial charge is 0.366 e. The van der Waals surface area contributed by atoms with Crippen LogP contribution >= 0.6 is 11.8 Å². The fraction of sp³-hybridized carbons (Fsp3) is 0.235. The molecule has 1 aromatic carbocycles. The first-order valence-electron chi connectivity index (χ1n) is 6.84. The predicted molar refractivity (Wildman–Crippen MR) is 88.9 cm³/mol. The summed E-state index contributed by atoms with van der Waals surface area (Å²) in [7, 11) is 0. The molecule has 0 fully saturated rings. The number of hydrogen-bond acceptors (Lipinski definition) is 4. The molecule has 1 aromatic heterocycles. The minimum Gasteiger partial charge on any atom is -0.366 e. The maximum Gasteiger partial charge on any atom is 0.248 e. The molecule has 0 spiro atoms. The fourth-order valence-corrected chi connectivity index (χ4v) is 3.12. The van der Waals surface area contributed by atoms with Crippen LogP contribution in [0, 0.1) is 6.92 Å². The van der Waals surface area contributed by atoms with Crippen molar-refractivity contribution in [1.29, 1.82) is 0 Å². The van der Waals surface area contributed by atoms with Gasteiger partial charge in [0, 0.05) is 28.4 Å². The minimum absolute atomic E-state index is 0.447. The van der Waals surface area contributed by atoms with Crippen molar-refractivity contribution in [2.24, 2.45) is 5.73 Å². The smallest absolute Gasteiger partial charge is 0.248 e. The van der Waals surface area contributed by atoms with E-state index in [0.717, 1.165) is 27.9 Å². The molecule has 0 atom stereocenters. The lowest BCUT2D eigenvalue weighted by molar-refractivity contribution is -0.109. The zero-order valence-corrected chi connectivity index (χ0v) is 13.6. The van der Waals surface area contributed by atoms with Crippen LogP contribution in [0.5, 0.6) is 0 Å². The first-order chi connectivity index (χ1) is 10.3. The van der Waals surface area contributed by atoms with Crippen LogP contribution in [-0.4, -0.2) is 21.9 Å². The first-order valence-corrected chi connectivity index (χ1v) is 7.66. The van der Waals surface area contributed by atoms with E-state index in [9.17, 15) is 9.59 Å². The van der Waals surface area contributed by atoms with Crippen molar-refractivity contribution < 1.29 is 9.59 Å². The normalized spacial score (nSPS) is 11.2. The number of aromatic nitrogens is 1. The molecule has 0 aliphatic heterocycles. The van der Waals surface area contributed by atoms with Crippen LogP contribution in [0.25, 0.3) is 11.1 Å². The van der Waals surface area contributed by atoms with Gasteiger partial charge in [-0.25, -0.2) is 0 Å². The summed E-state index contributed by atoms with van der Waals surface area (Å²) in [5, 5.41) is 0. The quantitative estimate of drug-likeness (QED) is 0.679. The number of amides is 1. The van der Waals surface area contributed by atoms with E-state index in [-0.39, 0.29) is 0 Å². The molecule has 2 aromatic rings. The summed E-state index contributed by atoms with van der Waals surface area (Å²) >= 11 is 1.49. The van der Waals surface area contributed by atoms with Crippen LogP contribution < -0.4 is 5.73 Å². The molecule has 0 radical (unpaired) electrons. The number of thioether (sulfide) groups is 1. The van der Waals surface area contributed by atoms with Crippen molar-refractivity contribution in [1.82, 2.24) is 4.98 Å². The van der Waals surface area contributed by atoms with Gasteiger partial charge in [0.1, 0.15) is 6.29 Å². The van der Waals surface area contributed by atoms with Gasteiger partial charge in [0.05, 0.1) is 4.75 Å². The molecule has 114 valence electrons. The number of carbonyl (C=O) groups is 2. The SMILES string of the molecule is Cc1cc(C(N)=O)ccc1-c1cnccc1SC(C)(C)C=O. The summed E-state index contributed by atoms with van der Waals surface area (Å²) in [5.41, 5.74) is 8.64. The van der Waals surface area contributed by atoms with Gasteiger partial charge < -0.3 is 10.5 Å². The van der Waals surface area contributed by atoms with Gasteiger partial charge in [0.2, 0.25) is 5.91 Å². The summed E-state index contributed by atoms with van der Waals surface area (Å²) < 4.78 is -0.517. The maximum atomic E-state index is 11.3. The highest BCUT2D eigenvalue weighted by molar-refractivity contribution is 8.01. The Morgan fingerprint density at radius 3 is 2.59 bits per heavy atom. The summed E-state index contributed by atoms with van der Waals surface area (Å²) in [6.45, 7) is 5.67. The second-order valence-corrected chi connectivity index (χ2v) is 7.29. The standard InChI is InChI=1S/C17H18N2O2S/c1-11-8-12(16(18)21)4-5-13(11)14-9-19-7-6-15(14)22-17(2,3)10-20/h4-10H,1-3H3,(H2,18,21). The summed E-state index contributed by atoms with van der Waals surface area (Å²) in [6.07, 6.45) is 4.42. The van der Waals surface area contributed by atoms with E-state index in [4.69, 9.17) is 5.73 Å². The minimum atomic E-state index is -0.517. The van der Waals surface area contributed by atoms with Gasteiger partial charge in [-0.3, -0.25) is 9.78 Å². The number of hydrogen-bond donors (Lipinski definition) is 1. The number of aldehydes is 1. The van der Waals surface area contributed by atoms with Crippen LogP contribution in [-0.2, 0) is 4.79 Å². The molecule has 1 heterocycles. The number of aryl methyl sites for hydroxylation is 1. The Kier molecular flexibility index (Phi) is 4.66.